The molecule has 0 saturated carbocycles. The SMILES string of the molecule is CC(C)(C)SCCNS(=O)(=O)c1ccc([N+](=O)[O-])cc1. The molecule has 0 atom stereocenters. The van der Waals surface area contributed by atoms with Gasteiger partial charge in [-0.3, -0.25) is 10.1 Å². The molecule has 1 aromatic rings. The molecule has 0 spiro atoms. The topological polar surface area (TPSA) is 89.3 Å². The molecule has 112 valence electrons. The monoisotopic (exact) mass is 318 g/mol. The molecule has 0 aliphatic carbocycles. The van der Waals surface area contributed by atoms with Crippen LogP contribution in [0, 0.1) is 10.1 Å². The van der Waals surface area contributed by atoms with Crippen LogP contribution < -0.4 is 4.72 Å². The van der Waals surface area contributed by atoms with Gasteiger partial charge >= 0.3 is 0 Å². The van der Waals surface area contributed by atoms with Crippen molar-refractivity contribution >= 4 is 27.5 Å². The molecule has 1 rings (SSSR count). The van der Waals surface area contributed by atoms with Crippen LogP contribution in [0.4, 0.5) is 5.69 Å². The lowest BCUT2D eigenvalue weighted by Gasteiger charge is -2.17. The molecule has 20 heavy (non-hydrogen) atoms. The Labute approximate surface area is 123 Å². The number of nitrogens with zero attached hydrogens (tertiary/aromatic N) is 1. The lowest BCUT2D eigenvalue weighted by Crippen LogP contribution is -2.27. The minimum atomic E-state index is -3.61. The summed E-state index contributed by atoms with van der Waals surface area (Å²) in [6, 6.07) is 4.83. The van der Waals surface area contributed by atoms with Crippen molar-refractivity contribution in [2.75, 3.05) is 12.3 Å². The van der Waals surface area contributed by atoms with E-state index in [-0.39, 0.29) is 15.3 Å². The summed E-state index contributed by atoms with van der Waals surface area (Å²) in [5.41, 5.74) is -0.132. The van der Waals surface area contributed by atoms with E-state index < -0.39 is 14.9 Å². The summed E-state index contributed by atoms with van der Waals surface area (Å²) < 4.78 is 26.5. The van der Waals surface area contributed by atoms with Crippen LogP contribution in [-0.2, 0) is 10.0 Å². The maximum absolute atomic E-state index is 11.9. The number of hydrogen-bond donors (Lipinski definition) is 1. The highest BCUT2D eigenvalue weighted by Gasteiger charge is 2.16. The fourth-order valence-corrected chi connectivity index (χ4v) is 3.34. The van der Waals surface area contributed by atoms with Crippen LogP contribution in [0.3, 0.4) is 0 Å². The van der Waals surface area contributed by atoms with Crippen molar-refractivity contribution in [3.63, 3.8) is 0 Å². The van der Waals surface area contributed by atoms with Gasteiger partial charge in [0, 0.05) is 29.2 Å². The third-order valence-electron chi connectivity index (χ3n) is 2.29. The van der Waals surface area contributed by atoms with E-state index in [1.54, 1.807) is 11.8 Å². The molecule has 0 aromatic heterocycles. The second kappa shape index (κ2) is 6.55. The highest BCUT2D eigenvalue weighted by molar-refractivity contribution is 8.00. The van der Waals surface area contributed by atoms with Crippen molar-refractivity contribution in [3.05, 3.63) is 34.4 Å². The van der Waals surface area contributed by atoms with Gasteiger partial charge in [-0.15, -0.1) is 0 Å². The van der Waals surface area contributed by atoms with Gasteiger partial charge < -0.3 is 0 Å². The van der Waals surface area contributed by atoms with Crippen LogP contribution >= 0.6 is 11.8 Å². The first kappa shape index (κ1) is 16.9. The maximum atomic E-state index is 11.9. The van der Waals surface area contributed by atoms with Crippen LogP contribution in [-0.4, -0.2) is 30.4 Å². The standard InChI is InChI=1S/C12H18N2O4S2/c1-12(2,3)19-9-8-13-20(17,18)11-6-4-10(5-7-11)14(15)16/h4-7,13H,8-9H2,1-3H3. The zero-order valence-electron chi connectivity index (χ0n) is 11.6. The second-order valence-electron chi connectivity index (χ2n) is 5.11. The predicted molar refractivity (Wildman–Crippen MR) is 80.5 cm³/mol. The number of sulfonamides is 1. The predicted octanol–water partition coefficient (Wildman–Crippen LogP) is 2.40. The normalized spacial score (nSPS) is 12.3. The summed E-state index contributed by atoms with van der Waals surface area (Å²) in [5.74, 6) is 0.662. The van der Waals surface area contributed by atoms with E-state index in [4.69, 9.17) is 0 Å². The van der Waals surface area contributed by atoms with E-state index in [1.807, 2.05) is 0 Å². The number of nitro benzene ring substituents is 1. The Morgan fingerprint density at radius 2 is 1.80 bits per heavy atom. The van der Waals surface area contributed by atoms with Crippen LogP contribution in [0.2, 0.25) is 0 Å². The Kier molecular flexibility index (Phi) is 5.55. The van der Waals surface area contributed by atoms with Gasteiger partial charge in [-0.25, -0.2) is 13.1 Å². The van der Waals surface area contributed by atoms with E-state index in [2.05, 4.69) is 25.5 Å². The zero-order chi connectivity index (χ0) is 15.4. The van der Waals surface area contributed by atoms with Gasteiger partial charge in [-0.1, -0.05) is 20.8 Å². The van der Waals surface area contributed by atoms with E-state index in [9.17, 15) is 18.5 Å². The highest BCUT2D eigenvalue weighted by atomic mass is 32.2. The quantitative estimate of drug-likeness (QED) is 0.494. The zero-order valence-corrected chi connectivity index (χ0v) is 13.3. The Morgan fingerprint density at radius 1 is 1.25 bits per heavy atom. The first-order valence-electron chi connectivity index (χ1n) is 6.00. The summed E-state index contributed by atoms with van der Waals surface area (Å²) in [6.07, 6.45) is 0. The van der Waals surface area contributed by atoms with Crippen molar-refractivity contribution < 1.29 is 13.3 Å². The molecule has 0 radical (unpaired) electrons. The molecule has 0 bridgehead atoms. The number of non-ortho nitro benzene ring substituents is 1. The molecular weight excluding hydrogens is 300 g/mol. The van der Waals surface area contributed by atoms with Gasteiger partial charge in [-0.2, -0.15) is 11.8 Å². The molecule has 0 aliphatic rings. The molecule has 1 N–H and O–H groups in total. The van der Waals surface area contributed by atoms with Crippen molar-refractivity contribution in [2.45, 2.75) is 30.4 Å². The average Bonchev–Trinajstić information content (AvgIpc) is 2.34. The molecule has 8 heteroatoms. The van der Waals surface area contributed by atoms with E-state index in [1.165, 1.54) is 24.3 Å². The maximum Gasteiger partial charge on any atom is 0.269 e. The minimum Gasteiger partial charge on any atom is -0.258 e. The Morgan fingerprint density at radius 3 is 2.25 bits per heavy atom. The molecule has 0 unspecified atom stereocenters. The van der Waals surface area contributed by atoms with E-state index in [0.717, 1.165) is 0 Å². The Hall–Kier alpha value is -1.12. The molecule has 0 aliphatic heterocycles. The Bertz CT molecular complexity index is 562. The number of benzene rings is 1. The molecule has 0 heterocycles. The molecule has 1 aromatic carbocycles. The third kappa shape index (κ3) is 5.48. The van der Waals surface area contributed by atoms with Gasteiger partial charge in [0.2, 0.25) is 10.0 Å². The highest BCUT2D eigenvalue weighted by Crippen LogP contribution is 2.22. The largest absolute Gasteiger partial charge is 0.269 e. The third-order valence-corrected chi connectivity index (χ3v) is 5.04. The van der Waals surface area contributed by atoms with Gasteiger partial charge in [0.05, 0.1) is 9.82 Å². The van der Waals surface area contributed by atoms with Gasteiger partial charge in [0.25, 0.3) is 5.69 Å². The summed E-state index contributed by atoms with van der Waals surface area (Å²) in [4.78, 5) is 9.97. The van der Waals surface area contributed by atoms with Crippen LogP contribution in [0.25, 0.3) is 0 Å². The van der Waals surface area contributed by atoms with Gasteiger partial charge in [0.1, 0.15) is 0 Å². The molecule has 0 fully saturated rings. The molecular formula is C12H18N2O4S2. The number of nitrogens with one attached hydrogen (secondary N) is 1. The van der Waals surface area contributed by atoms with Crippen molar-refractivity contribution in [1.82, 2.24) is 4.72 Å². The Balaban J connectivity index is 2.62. The smallest absolute Gasteiger partial charge is 0.258 e. The summed E-state index contributed by atoms with van der Waals surface area (Å²) in [6.45, 7) is 6.49. The second-order valence-corrected chi connectivity index (χ2v) is 8.80. The minimum absolute atomic E-state index is 0.0314. The molecule has 6 nitrogen and oxygen atoms in total. The lowest BCUT2D eigenvalue weighted by molar-refractivity contribution is -0.384. The first-order valence-corrected chi connectivity index (χ1v) is 8.47. The number of hydrogen-bond acceptors (Lipinski definition) is 5. The number of rotatable bonds is 6. The summed E-state index contributed by atoms with van der Waals surface area (Å²) in [5, 5.41) is 10.5. The summed E-state index contributed by atoms with van der Waals surface area (Å²) in [7, 11) is -3.61. The lowest BCUT2D eigenvalue weighted by atomic mass is 10.3. The van der Waals surface area contributed by atoms with Crippen molar-refractivity contribution in [3.8, 4) is 0 Å². The van der Waals surface area contributed by atoms with E-state index in [0.29, 0.717) is 12.3 Å². The fourth-order valence-electron chi connectivity index (χ4n) is 1.36. The van der Waals surface area contributed by atoms with Gasteiger partial charge in [0.15, 0.2) is 0 Å². The van der Waals surface area contributed by atoms with Crippen molar-refractivity contribution in [2.24, 2.45) is 0 Å². The van der Waals surface area contributed by atoms with Crippen LogP contribution in [0.15, 0.2) is 29.2 Å². The molecule has 0 saturated heterocycles. The first-order chi connectivity index (χ1) is 9.12. The van der Waals surface area contributed by atoms with Gasteiger partial charge in [-0.05, 0) is 12.1 Å². The molecule has 0 amide bonds. The fraction of sp³-hybridized carbons (Fsp3) is 0.500. The number of thioether (sulfide) groups is 1. The average molecular weight is 318 g/mol. The van der Waals surface area contributed by atoms with Crippen molar-refractivity contribution in [1.29, 1.82) is 0 Å². The van der Waals surface area contributed by atoms with Crippen LogP contribution in [0.5, 0.6) is 0 Å². The summed E-state index contributed by atoms with van der Waals surface area (Å²) >= 11 is 1.66. The van der Waals surface area contributed by atoms with Crippen LogP contribution in [0.1, 0.15) is 20.8 Å². The number of nitro groups is 1. The van der Waals surface area contributed by atoms with E-state index >= 15 is 0 Å².